The van der Waals surface area contributed by atoms with Gasteiger partial charge >= 0.3 is 0 Å². The lowest BCUT2D eigenvalue weighted by molar-refractivity contribution is 0.534. The first kappa shape index (κ1) is 11.7. The van der Waals surface area contributed by atoms with E-state index in [0.29, 0.717) is 12.0 Å². The van der Waals surface area contributed by atoms with Gasteiger partial charge in [-0.25, -0.2) is 9.97 Å². The van der Waals surface area contributed by atoms with Crippen LogP contribution < -0.4 is 5.32 Å². The summed E-state index contributed by atoms with van der Waals surface area (Å²) in [5.41, 5.74) is 0. The topological polar surface area (TPSA) is 37.8 Å². The molecule has 0 bridgehead atoms. The molecule has 0 aliphatic heterocycles. The smallest absolute Gasteiger partial charge is 0.109 e. The molecule has 0 aromatic carbocycles. The maximum Gasteiger partial charge on any atom is 0.109 e. The van der Waals surface area contributed by atoms with Crippen molar-refractivity contribution < 1.29 is 0 Å². The van der Waals surface area contributed by atoms with E-state index in [-0.39, 0.29) is 0 Å². The van der Waals surface area contributed by atoms with Crippen LogP contribution in [-0.2, 0) is 0 Å². The zero-order valence-electron chi connectivity index (χ0n) is 9.38. The molecule has 5 heteroatoms. The van der Waals surface area contributed by atoms with E-state index in [1.165, 1.54) is 5.01 Å². The lowest BCUT2D eigenvalue weighted by atomic mass is 10.2. The van der Waals surface area contributed by atoms with Crippen molar-refractivity contribution >= 4 is 22.7 Å². The zero-order valence-corrected chi connectivity index (χ0v) is 11.0. The number of nitrogens with zero attached hydrogens (tertiary/aromatic N) is 2. The molecule has 3 nitrogen and oxygen atoms in total. The van der Waals surface area contributed by atoms with Gasteiger partial charge in [0.05, 0.1) is 11.0 Å². The van der Waals surface area contributed by atoms with Crippen molar-refractivity contribution in [2.75, 3.05) is 6.54 Å². The summed E-state index contributed by atoms with van der Waals surface area (Å²) >= 11 is 3.41. The van der Waals surface area contributed by atoms with Crippen molar-refractivity contribution in [1.82, 2.24) is 15.3 Å². The molecule has 2 atom stereocenters. The van der Waals surface area contributed by atoms with Gasteiger partial charge in [0.1, 0.15) is 5.01 Å². The van der Waals surface area contributed by atoms with E-state index >= 15 is 0 Å². The van der Waals surface area contributed by atoms with Gasteiger partial charge in [0.25, 0.3) is 0 Å². The Bertz CT molecular complexity index is 357. The van der Waals surface area contributed by atoms with Gasteiger partial charge < -0.3 is 5.32 Å². The third kappa shape index (κ3) is 2.87. The SMILES string of the molecule is CC(CNC(C)c1nccs1)c1nccs1. The summed E-state index contributed by atoms with van der Waals surface area (Å²) in [7, 11) is 0. The van der Waals surface area contributed by atoms with Crippen LogP contribution in [-0.4, -0.2) is 16.5 Å². The van der Waals surface area contributed by atoms with Crippen molar-refractivity contribution in [2.24, 2.45) is 0 Å². The van der Waals surface area contributed by atoms with Crippen LogP contribution in [0, 0.1) is 0 Å². The van der Waals surface area contributed by atoms with Crippen LogP contribution in [0.2, 0.25) is 0 Å². The van der Waals surface area contributed by atoms with Crippen LogP contribution in [0.15, 0.2) is 23.2 Å². The van der Waals surface area contributed by atoms with E-state index in [9.17, 15) is 0 Å². The van der Waals surface area contributed by atoms with Crippen LogP contribution in [0.25, 0.3) is 0 Å². The molecule has 2 heterocycles. The van der Waals surface area contributed by atoms with Crippen molar-refractivity contribution in [2.45, 2.75) is 25.8 Å². The lowest BCUT2D eigenvalue weighted by Gasteiger charge is -2.14. The highest BCUT2D eigenvalue weighted by Gasteiger charge is 2.12. The lowest BCUT2D eigenvalue weighted by Crippen LogP contribution is -2.23. The Labute approximate surface area is 104 Å². The average molecular weight is 253 g/mol. The molecule has 0 aliphatic rings. The van der Waals surface area contributed by atoms with E-state index in [1.807, 2.05) is 23.2 Å². The molecule has 0 saturated carbocycles. The predicted molar refractivity (Wildman–Crippen MR) is 69.1 cm³/mol. The van der Waals surface area contributed by atoms with E-state index < -0.39 is 0 Å². The van der Waals surface area contributed by atoms with Crippen molar-refractivity contribution in [3.8, 4) is 0 Å². The molecule has 16 heavy (non-hydrogen) atoms. The van der Waals surface area contributed by atoms with Gasteiger partial charge in [-0.15, -0.1) is 22.7 Å². The molecule has 0 spiro atoms. The van der Waals surface area contributed by atoms with E-state index in [0.717, 1.165) is 11.6 Å². The average Bonchev–Trinajstić information content (AvgIpc) is 2.95. The Balaban J connectivity index is 1.84. The van der Waals surface area contributed by atoms with Gasteiger partial charge in [0, 0.05) is 35.6 Å². The van der Waals surface area contributed by atoms with Crippen LogP contribution in [0.5, 0.6) is 0 Å². The first-order valence-corrected chi connectivity index (χ1v) is 7.05. The maximum absolute atomic E-state index is 4.32. The summed E-state index contributed by atoms with van der Waals surface area (Å²) in [6, 6.07) is 0.322. The van der Waals surface area contributed by atoms with Crippen LogP contribution in [0.3, 0.4) is 0 Å². The number of aromatic nitrogens is 2. The molecule has 0 fully saturated rings. The number of nitrogens with one attached hydrogen (secondary N) is 1. The first-order valence-electron chi connectivity index (χ1n) is 5.29. The molecule has 2 aromatic heterocycles. The second-order valence-corrected chi connectivity index (χ2v) is 5.62. The Morgan fingerprint density at radius 2 is 1.75 bits per heavy atom. The van der Waals surface area contributed by atoms with Crippen LogP contribution in [0.4, 0.5) is 0 Å². The molecular formula is C11H15N3S2. The zero-order chi connectivity index (χ0) is 11.4. The Morgan fingerprint density at radius 1 is 1.12 bits per heavy atom. The van der Waals surface area contributed by atoms with Gasteiger partial charge in [0.15, 0.2) is 0 Å². The molecule has 2 rings (SSSR count). The van der Waals surface area contributed by atoms with Gasteiger partial charge in [-0.05, 0) is 6.92 Å². The van der Waals surface area contributed by atoms with Gasteiger partial charge in [-0.3, -0.25) is 0 Å². The Morgan fingerprint density at radius 3 is 2.31 bits per heavy atom. The fourth-order valence-corrected chi connectivity index (χ4v) is 2.82. The fourth-order valence-electron chi connectivity index (χ4n) is 1.45. The van der Waals surface area contributed by atoms with E-state index in [4.69, 9.17) is 0 Å². The molecule has 86 valence electrons. The number of hydrogen-bond acceptors (Lipinski definition) is 5. The third-order valence-electron chi connectivity index (χ3n) is 2.43. The van der Waals surface area contributed by atoms with Gasteiger partial charge in [0.2, 0.25) is 0 Å². The van der Waals surface area contributed by atoms with Gasteiger partial charge in [-0.1, -0.05) is 6.92 Å². The summed E-state index contributed by atoms with van der Waals surface area (Å²) in [4.78, 5) is 8.62. The molecule has 2 unspecified atom stereocenters. The minimum Gasteiger partial charge on any atom is -0.307 e. The van der Waals surface area contributed by atoms with Crippen LogP contribution in [0.1, 0.15) is 35.8 Å². The summed E-state index contributed by atoms with van der Waals surface area (Å²) in [5.74, 6) is 0.461. The summed E-state index contributed by atoms with van der Waals surface area (Å²) < 4.78 is 0. The minimum absolute atomic E-state index is 0.322. The highest BCUT2D eigenvalue weighted by molar-refractivity contribution is 7.09. The molecule has 0 saturated heterocycles. The third-order valence-corrected chi connectivity index (χ3v) is 4.39. The standard InChI is InChI=1S/C11H15N3S2/c1-8(10-12-3-5-15-10)7-14-9(2)11-13-4-6-16-11/h3-6,8-9,14H,7H2,1-2H3. The quantitative estimate of drug-likeness (QED) is 0.890. The molecule has 1 N–H and O–H groups in total. The molecule has 0 amide bonds. The second kappa shape index (κ2) is 5.52. The predicted octanol–water partition coefficient (Wildman–Crippen LogP) is 3.05. The highest BCUT2D eigenvalue weighted by atomic mass is 32.1. The van der Waals surface area contributed by atoms with E-state index in [1.54, 1.807) is 22.7 Å². The summed E-state index contributed by atoms with van der Waals surface area (Å²) in [6.45, 7) is 5.28. The van der Waals surface area contributed by atoms with Crippen molar-refractivity contribution in [1.29, 1.82) is 0 Å². The monoisotopic (exact) mass is 253 g/mol. The molecular weight excluding hydrogens is 238 g/mol. The largest absolute Gasteiger partial charge is 0.307 e. The van der Waals surface area contributed by atoms with E-state index in [2.05, 4.69) is 29.1 Å². The summed E-state index contributed by atoms with van der Waals surface area (Å²) in [5, 5.41) is 9.86. The Kier molecular flexibility index (Phi) is 4.04. The van der Waals surface area contributed by atoms with Crippen molar-refractivity contribution in [3.63, 3.8) is 0 Å². The normalized spacial score (nSPS) is 14.9. The Hall–Kier alpha value is -0.780. The first-order chi connectivity index (χ1) is 7.77. The number of hydrogen-bond donors (Lipinski definition) is 1. The number of thiazole rings is 2. The fraction of sp³-hybridized carbons (Fsp3) is 0.455. The van der Waals surface area contributed by atoms with Crippen molar-refractivity contribution in [3.05, 3.63) is 33.2 Å². The molecule has 0 aliphatic carbocycles. The second-order valence-electron chi connectivity index (χ2n) is 3.77. The van der Waals surface area contributed by atoms with Crippen LogP contribution >= 0.6 is 22.7 Å². The molecule has 0 radical (unpaired) electrons. The molecule has 2 aromatic rings. The van der Waals surface area contributed by atoms with Gasteiger partial charge in [-0.2, -0.15) is 0 Å². The maximum atomic E-state index is 4.32. The highest BCUT2D eigenvalue weighted by Crippen LogP contribution is 2.19. The minimum atomic E-state index is 0.322. The number of rotatable bonds is 5. The summed E-state index contributed by atoms with van der Waals surface area (Å²) in [6.07, 6.45) is 3.71.